The predicted molar refractivity (Wildman–Crippen MR) is 105 cm³/mol. The second kappa shape index (κ2) is 7.17. The number of hydrogen-bond acceptors (Lipinski definition) is 6. The van der Waals surface area contributed by atoms with Crippen LogP contribution in [-0.4, -0.2) is 35.2 Å². The third kappa shape index (κ3) is 3.16. The molecule has 146 valence electrons. The highest BCUT2D eigenvalue weighted by atomic mass is 16.2. The first kappa shape index (κ1) is 18.9. The van der Waals surface area contributed by atoms with Crippen LogP contribution in [0.15, 0.2) is 72.8 Å². The predicted octanol–water partition coefficient (Wildman–Crippen LogP) is 1.61. The lowest BCUT2D eigenvalue weighted by molar-refractivity contribution is -0.121. The molecule has 0 aromatic heterocycles. The minimum atomic E-state index is -0.776. The van der Waals surface area contributed by atoms with Crippen molar-refractivity contribution < 1.29 is 28.8 Å². The fraction of sp³-hybridized carbons (Fsp3) is 0. The van der Waals surface area contributed by atoms with Crippen LogP contribution < -0.4 is 9.80 Å². The Balaban J connectivity index is 1.50. The van der Waals surface area contributed by atoms with E-state index in [0.717, 1.165) is 34.1 Å². The first-order valence-corrected chi connectivity index (χ1v) is 8.78. The molecule has 0 unspecified atom stereocenters. The molecule has 2 aromatic carbocycles. The zero-order chi connectivity index (χ0) is 21.4. The van der Waals surface area contributed by atoms with Crippen LogP contribution in [0.2, 0.25) is 0 Å². The molecule has 2 aliphatic rings. The van der Waals surface area contributed by atoms with Gasteiger partial charge in [-0.25, -0.2) is 9.80 Å². The summed E-state index contributed by atoms with van der Waals surface area (Å²) < 4.78 is 0. The third-order valence-electron chi connectivity index (χ3n) is 4.60. The minimum absolute atomic E-state index is 0.0916. The van der Waals surface area contributed by atoms with Gasteiger partial charge >= 0.3 is 0 Å². The molecule has 8 heteroatoms. The molecule has 2 heterocycles. The van der Waals surface area contributed by atoms with E-state index in [1.54, 1.807) is 0 Å². The average molecular weight is 400 g/mol. The van der Waals surface area contributed by atoms with Gasteiger partial charge in [-0.2, -0.15) is 0 Å². The van der Waals surface area contributed by atoms with Gasteiger partial charge in [-0.05, 0) is 48.5 Å². The fourth-order valence-electron chi connectivity index (χ4n) is 3.10. The van der Waals surface area contributed by atoms with Crippen molar-refractivity contribution in [3.63, 3.8) is 0 Å². The summed E-state index contributed by atoms with van der Waals surface area (Å²) in [7, 11) is 0. The maximum Gasteiger partial charge on any atom is 0.258 e. The highest BCUT2D eigenvalue weighted by Crippen LogP contribution is 2.22. The zero-order valence-electron chi connectivity index (χ0n) is 15.3. The molecule has 30 heavy (non-hydrogen) atoms. The normalized spacial score (nSPS) is 15.5. The molecule has 0 saturated heterocycles. The summed E-state index contributed by atoms with van der Waals surface area (Å²) in [6.07, 6.45) is 4.59. The maximum absolute atomic E-state index is 12.5. The number of amides is 4. The molecular weight excluding hydrogens is 388 g/mol. The summed E-state index contributed by atoms with van der Waals surface area (Å²) in [5.41, 5.74) is 0.761. The number of hydrogen-bond donors (Lipinski definition) is 0. The van der Waals surface area contributed by atoms with Gasteiger partial charge in [-0.15, -0.1) is 0 Å². The molecule has 4 rings (SSSR count). The molecule has 0 bridgehead atoms. The minimum Gasteiger partial charge on any atom is -0.285 e. The molecule has 4 amide bonds. The molecule has 0 atom stereocenters. The van der Waals surface area contributed by atoms with Crippen molar-refractivity contribution in [2.75, 3.05) is 9.80 Å². The molecule has 2 aromatic rings. The summed E-state index contributed by atoms with van der Waals surface area (Å²) in [4.78, 5) is 73.8. The van der Waals surface area contributed by atoms with Crippen LogP contribution >= 0.6 is 0 Å². The highest BCUT2D eigenvalue weighted by Gasteiger charge is 2.27. The Morgan fingerprint density at radius 2 is 0.733 bits per heavy atom. The van der Waals surface area contributed by atoms with Gasteiger partial charge in [-0.1, -0.05) is 0 Å². The Kier molecular flexibility index (Phi) is 4.51. The van der Waals surface area contributed by atoms with Crippen LogP contribution in [-0.2, 0) is 19.2 Å². The molecule has 0 N–H and O–H groups in total. The number of carbonyl (C=O) groups is 6. The van der Waals surface area contributed by atoms with Crippen molar-refractivity contribution in [1.82, 2.24) is 0 Å². The first-order chi connectivity index (χ1) is 14.4. The third-order valence-corrected chi connectivity index (χ3v) is 4.60. The number of ketones is 2. The second-order valence-corrected chi connectivity index (χ2v) is 6.44. The van der Waals surface area contributed by atoms with E-state index in [9.17, 15) is 28.8 Å². The SMILES string of the molecule is O=C(C(=O)c1ccc(N2C(=O)C=CC2=O)cc1)c1ccc(N2C(=O)C=CC2=O)cc1. The van der Waals surface area contributed by atoms with E-state index in [1.807, 2.05) is 0 Å². The van der Waals surface area contributed by atoms with E-state index in [4.69, 9.17) is 0 Å². The largest absolute Gasteiger partial charge is 0.285 e. The number of carbonyl (C=O) groups excluding carboxylic acids is 6. The van der Waals surface area contributed by atoms with E-state index in [1.165, 1.54) is 48.5 Å². The van der Waals surface area contributed by atoms with Gasteiger partial charge in [0, 0.05) is 35.4 Å². The Hall–Kier alpha value is -4.46. The molecule has 0 spiro atoms. The lowest BCUT2D eigenvalue weighted by Gasteiger charge is -2.14. The van der Waals surface area contributed by atoms with Gasteiger partial charge in [0.2, 0.25) is 11.6 Å². The summed E-state index contributed by atoms with van der Waals surface area (Å²) in [6, 6.07) is 11.1. The number of nitrogens with zero attached hydrogens (tertiary/aromatic N) is 2. The lowest BCUT2D eigenvalue weighted by Crippen LogP contribution is -2.29. The monoisotopic (exact) mass is 400 g/mol. The van der Waals surface area contributed by atoms with E-state index in [-0.39, 0.29) is 22.5 Å². The van der Waals surface area contributed by atoms with Gasteiger partial charge in [0.1, 0.15) is 0 Å². The number of rotatable bonds is 5. The van der Waals surface area contributed by atoms with Crippen molar-refractivity contribution in [2.24, 2.45) is 0 Å². The van der Waals surface area contributed by atoms with Crippen LogP contribution in [0.1, 0.15) is 20.7 Å². The summed E-state index contributed by atoms with van der Waals surface area (Å²) >= 11 is 0. The van der Waals surface area contributed by atoms with Gasteiger partial charge in [0.15, 0.2) is 0 Å². The summed E-state index contributed by atoms with van der Waals surface area (Å²) in [5, 5.41) is 0. The topological polar surface area (TPSA) is 109 Å². The quantitative estimate of drug-likeness (QED) is 0.429. The maximum atomic E-state index is 12.5. The molecule has 0 saturated carbocycles. The van der Waals surface area contributed by atoms with E-state index < -0.39 is 35.2 Å². The van der Waals surface area contributed by atoms with E-state index in [0.29, 0.717) is 0 Å². The van der Waals surface area contributed by atoms with Crippen molar-refractivity contribution in [3.8, 4) is 0 Å². The van der Waals surface area contributed by atoms with E-state index >= 15 is 0 Å². The van der Waals surface area contributed by atoms with Crippen molar-refractivity contribution in [2.45, 2.75) is 0 Å². The van der Waals surface area contributed by atoms with Crippen molar-refractivity contribution in [1.29, 1.82) is 0 Å². The zero-order valence-corrected chi connectivity index (χ0v) is 15.3. The van der Waals surface area contributed by atoms with Gasteiger partial charge in [0.25, 0.3) is 23.6 Å². The first-order valence-electron chi connectivity index (χ1n) is 8.78. The molecule has 2 aliphatic heterocycles. The fourth-order valence-corrected chi connectivity index (χ4v) is 3.10. The van der Waals surface area contributed by atoms with Crippen LogP contribution in [0, 0.1) is 0 Å². The second-order valence-electron chi connectivity index (χ2n) is 6.44. The number of imide groups is 2. The highest BCUT2D eigenvalue weighted by molar-refractivity contribution is 6.49. The Labute approximate surface area is 169 Å². The van der Waals surface area contributed by atoms with Gasteiger partial charge in [-0.3, -0.25) is 28.8 Å². The van der Waals surface area contributed by atoms with Gasteiger partial charge in [0.05, 0.1) is 11.4 Å². The Bertz CT molecular complexity index is 1060. The van der Waals surface area contributed by atoms with Crippen LogP contribution in [0.4, 0.5) is 11.4 Å². The Morgan fingerprint density at radius 1 is 0.467 bits per heavy atom. The Morgan fingerprint density at radius 3 is 1.00 bits per heavy atom. The van der Waals surface area contributed by atoms with Crippen LogP contribution in [0.5, 0.6) is 0 Å². The number of Topliss-reactive ketones (excluding diaryl/α,β-unsaturated/α-hetero) is 2. The lowest BCUT2D eigenvalue weighted by atomic mass is 10.0. The van der Waals surface area contributed by atoms with Crippen molar-refractivity contribution >= 4 is 46.6 Å². The van der Waals surface area contributed by atoms with Crippen LogP contribution in [0.25, 0.3) is 0 Å². The molecular formula is C22H12N2O6. The number of benzene rings is 2. The van der Waals surface area contributed by atoms with E-state index in [2.05, 4.69) is 0 Å². The van der Waals surface area contributed by atoms with Gasteiger partial charge < -0.3 is 0 Å². The standard InChI is InChI=1S/C22H12N2O6/c25-17-9-10-18(26)23(17)15-5-1-13(2-6-15)21(29)22(30)14-3-7-16(8-4-14)24-19(27)11-12-20(24)28/h1-12H. The van der Waals surface area contributed by atoms with Crippen LogP contribution in [0.3, 0.4) is 0 Å². The smallest absolute Gasteiger partial charge is 0.258 e. The molecule has 8 nitrogen and oxygen atoms in total. The summed E-state index contributed by atoms with van der Waals surface area (Å²) in [5.74, 6) is -3.50. The van der Waals surface area contributed by atoms with Crippen molar-refractivity contribution in [3.05, 3.63) is 84.0 Å². The molecule has 0 fully saturated rings. The molecule has 0 radical (unpaired) electrons. The molecule has 0 aliphatic carbocycles. The average Bonchev–Trinajstić information content (AvgIpc) is 3.27. The summed E-state index contributed by atoms with van der Waals surface area (Å²) in [6.45, 7) is 0. The number of anilines is 2.